The highest BCUT2D eigenvalue weighted by Gasteiger charge is 2.31. The molecule has 0 aliphatic heterocycles. The molecule has 1 rings (SSSR count). The molecule has 4 heteroatoms. The van der Waals surface area contributed by atoms with Crippen molar-refractivity contribution in [3.63, 3.8) is 0 Å². The number of rotatable bonds is 12. The van der Waals surface area contributed by atoms with Crippen LogP contribution in [0.2, 0.25) is 0 Å². The van der Waals surface area contributed by atoms with Crippen LogP contribution in [0.1, 0.15) is 70.3 Å². The van der Waals surface area contributed by atoms with E-state index in [4.69, 9.17) is 39.5 Å². The molecule has 0 N–H and O–H groups in total. The number of ether oxygens (including phenoxy) is 1. The van der Waals surface area contributed by atoms with Crippen LogP contribution in [-0.4, -0.2) is 10.9 Å². The third kappa shape index (κ3) is 9.39. The maximum atomic E-state index is 6.20. The van der Waals surface area contributed by atoms with Gasteiger partial charge in [-0.15, -0.1) is 0 Å². The molecule has 138 valence electrons. The number of hydrogen-bond donors (Lipinski definition) is 0. The van der Waals surface area contributed by atoms with E-state index in [-0.39, 0.29) is 5.92 Å². The first kappa shape index (κ1) is 21.9. The molecule has 0 radical (unpaired) electrons. The Kier molecular flexibility index (Phi) is 11.2. The zero-order valence-corrected chi connectivity index (χ0v) is 17.3. The fourth-order valence-corrected chi connectivity index (χ4v) is 3.64. The van der Waals surface area contributed by atoms with Gasteiger partial charge in [-0.05, 0) is 43.4 Å². The normalized spacial score (nSPS) is 13.0. The topological polar surface area (TPSA) is 9.23 Å². The van der Waals surface area contributed by atoms with Crippen LogP contribution < -0.4 is 4.74 Å². The number of unbranched alkanes of at least 4 members (excludes halogenated alkanes) is 5. The third-order valence-electron chi connectivity index (χ3n) is 4.55. The quantitative estimate of drug-likeness (QED) is 0.260. The lowest BCUT2D eigenvalue weighted by atomic mass is 9.95. The maximum Gasteiger partial charge on any atom is 0.193 e. The molecule has 0 aromatic heterocycles. The van der Waals surface area contributed by atoms with Gasteiger partial charge in [-0.1, -0.05) is 92.4 Å². The zero-order valence-electron chi connectivity index (χ0n) is 15.0. The minimum Gasteiger partial charge on any atom is -0.497 e. The van der Waals surface area contributed by atoms with Gasteiger partial charge < -0.3 is 4.74 Å². The van der Waals surface area contributed by atoms with Crippen LogP contribution in [0.25, 0.3) is 0 Å². The summed E-state index contributed by atoms with van der Waals surface area (Å²) in [5.41, 5.74) is 1.30. The summed E-state index contributed by atoms with van der Waals surface area (Å²) in [6.07, 6.45) is 11.7. The lowest BCUT2D eigenvalue weighted by molar-refractivity contribution is 0.413. The Hall–Kier alpha value is -0.110. The van der Waals surface area contributed by atoms with E-state index in [1.807, 2.05) is 12.1 Å². The second kappa shape index (κ2) is 12.3. The largest absolute Gasteiger partial charge is 0.497 e. The number of benzene rings is 1. The molecule has 0 fully saturated rings. The standard InChI is InChI=1S/C20H31Cl3O/c1-3-4-5-6-7-8-11-18(20(21,22)23)12-9-10-17-13-15-19(24-2)16-14-17/h13-16,18H,3-12H2,1-2H3. The first-order valence-electron chi connectivity index (χ1n) is 9.17. The molecule has 1 atom stereocenters. The van der Waals surface area contributed by atoms with Crippen LogP contribution in [0.3, 0.4) is 0 Å². The van der Waals surface area contributed by atoms with Crippen LogP contribution in [0.15, 0.2) is 24.3 Å². The van der Waals surface area contributed by atoms with E-state index >= 15 is 0 Å². The molecular weight excluding hydrogens is 363 g/mol. The second-order valence-corrected chi connectivity index (χ2v) is 8.90. The Bertz CT molecular complexity index is 426. The first-order chi connectivity index (χ1) is 11.5. The van der Waals surface area contributed by atoms with Gasteiger partial charge in [-0.3, -0.25) is 0 Å². The summed E-state index contributed by atoms with van der Waals surface area (Å²) in [5, 5.41) is 0. The average Bonchev–Trinajstić information content (AvgIpc) is 2.56. The number of methoxy groups -OCH3 is 1. The summed E-state index contributed by atoms with van der Waals surface area (Å²) in [5.74, 6) is 1.04. The lowest BCUT2D eigenvalue weighted by Gasteiger charge is -2.24. The van der Waals surface area contributed by atoms with Crippen molar-refractivity contribution in [2.24, 2.45) is 5.92 Å². The average molecular weight is 394 g/mol. The van der Waals surface area contributed by atoms with Gasteiger partial charge in [0.2, 0.25) is 0 Å². The summed E-state index contributed by atoms with van der Waals surface area (Å²) >= 11 is 18.6. The molecule has 1 aromatic rings. The molecular formula is C20H31Cl3O. The monoisotopic (exact) mass is 392 g/mol. The fraction of sp³-hybridized carbons (Fsp3) is 0.700. The number of hydrogen-bond acceptors (Lipinski definition) is 1. The van der Waals surface area contributed by atoms with Gasteiger partial charge in [0.1, 0.15) is 5.75 Å². The fourth-order valence-electron chi connectivity index (χ4n) is 2.99. The van der Waals surface area contributed by atoms with Crippen LogP contribution in [0.5, 0.6) is 5.75 Å². The van der Waals surface area contributed by atoms with Crippen molar-refractivity contribution in [1.29, 1.82) is 0 Å². The molecule has 0 aliphatic rings. The van der Waals surface area contributed by atoms with Gasteiger partial charge >= 0.3 is 0 Å². The van der Waals surface area contributed by atoms with Crippen molar-refractivity contribution in [2.75, 3.05) is 7.11 Å². The Morgan fingerprint density at radius 2 is 1.46 bits per heavy atom. The Morgan fingerprint density at radius 3 is 2.04 bits per heavy atom. The van der Waals surface area contributed by atoms with E-state index in [0.717, 1.165) is 37.9 Å². The first-order valence-corrected chi connectivity index (χ1v) is 10.3. The van der Waals surface area contributed by atoms with Crippen molar-refractivity contribution in [3.05, 3.63) is 29.8 Å². The van der Waals surface area contributed by atoms with E-state index in [0.29, 0.717) is 0 Å². The minimum absolute atomic E-state index is 0.145. The molecule has 0 heterocycles. The summed E-state index contributed by atoms with van der Waals surface area (Å²) in [6, 6.07) is 8.21. The van der Waals surface area contributed by atoms with Gasteiger partial charge in [0.05, 0.1) is 7.11 Å². The van der Waals surface area contributed by atoms with Crippen molar-refractivity contribution < 1.29 is 4.74 Å². The van der Waals surface area contributed by atoms with Crippen molar-refractivity contribution in [3.8, 4) is 5.75 Å². The highest BCUT2D eigenvalue weighted by molar-refractivity contribution is 6.67. The Labute approximate surface area is 163 Å². The highest BCUT2D eigenvalue weighted by Crippen LogP contribution is 2.40. The van der Waals surface area contributed by atoms with Crippen LogP contribution >= 0.6 is 34.8 Å². The SMILES string of the molecule is CCCCCCCCC(CCCc1ccc(OC)cc1)C(Cl)(Cl)Cl. The summed E-state index contributed by atoms with van der Waals surface area (Å²) in [6.45, 7) is 2.24. The van der Waals surface area contributed by atoms with E-state index in [9.17, 15) is 0 Å². The van der Waals surface area contributed by atoms with Gasteiger partial charge in [-0.25, -0.2) is 0 Å². The summed E-state index contributed by atoms with van der Waals surface area (Å²) in [7, 11) is 1.68. The lowest BCUT2D eigenvalue weighted by Crippen LogP contribution is -2.19. The minimum atomic E-state index is -1.15. The number of halogens is 3. The Morgan fingerprint density at radius 1 is 0.875 bits per heavy atom. The smallest absolute Gasteiger partial charge is 0.193 e. The van der Waals surface area contributed by atoms with Crippen molar-refractivity contribution in [2.45, 2.75) is 74.9 Å². The Balaban J connectivity index is 2.31. The van der Waals surface area contributed by atoms with Crippen molar-refractivity contribution >= 4 is 34.8 Å². The second-order valence-electron chi connectivity index (χ2n) is 6.54. The van der Waals surface area contributed by atoms with Crippen LogP contribution in [-0.2, 0) is 6.42 Å². The van der Waals surface area contributed by atoms with Crippen molar-refractivity contribution in [1.82, 2.24) is 0 Å². The molecule has 24 heavy (non-hydrogen) atoms. The predicted molar refractivity (Wildman–Crippen MR) is 108 cm³/mol. The third-order valence-corrected chi connectivity index (χ3v) is 5.47. The van der Waals surface area contributed by atoms with E-state index in [1.165, 1.54) is 37.7 Å². The zero-order chi connectivity index (χ0) is 17.8. The number of alkyl halides is 3. The van der Waals surface area contributed by atoms with Gasteiger partial charge in [0, 0.05) is 5.92 Å². The summed E-state index contributed by atoms with van der Waals surface area (Å²) in [4.78, 5) is 0. The molecule has 0 bridgehead atoms. The summed E-state index contributed by atoms with van der Waals surface area (Å²) < 4.78 is 4.03. The van der Waals surface area contributed by atoms with E-state index in [1.54, 1.807) is 7.11 Å². The van der Waals surface area contributed by atoms with Gasteiger partial charge in [0.25, 0.3) is 0 Å². The maximum absolute atomic E-state index is 6.20. The number of aryl methyl sites for hydroxylation is 1. The van der Waals surface area contributed by atoms with Gasteiger partial charge in [0.15, 0.2) is 3.79 Å². The molecule has 0 aliphatic carbocycles. The molecule has 0 saturated carbocycles. The van der Waals surface area contributed by atoms with Crippen LogP contribution in [0, 0.1) is 5.92 Å². The van der Waals surface area contributed by atoms with E-state index in [2.05, 4.69) is 19.1 Å². The van der Waals surface area contributed by atoms with Crippen LogP contribution in [0.4, 0.5) is 0 Å². The molecule has 1 aromatic carbocycles. The molecule has 0 amide bonds. The predicted octanol–water partition coefficient (Wildman–Crippen LogP) is 7.75. The van der Waals surface area contributed by atoms with Gasteiger partial charge in [-0.2, -0.15) is 0 Å². The molecule has 0 spiro atoms. The van der Waals surface area contributed by atoms with E-state index < -0.39 is 3.79 Å². The molecule has 1 unspecified atom stereocenters. The molecule has 0 saturated heterocycles. The highest BCUT2D eigenvalue weighted by atomic mass is 35.6. The molecule has 1 nitrogen and oxygen atoms in total.